The molecule has 2 fully saturated rings. The molecule has 4 rings (SSSR count). The molecule has 1 aromatic heterocycles. The Labute approximate surface area is 176 Å². The van der Waals surface area contributed by atoms with Crippen LogP contribution in [0, 0.1) is 12.3 Å². The maximum Gasteiger partial charge on any atom is 0.255 e. The number of rotatable bonds is 6. The third-order valence-electron chi connectivity index (χ3n) is 6.24. The van der Waals surface area contributed by atoms with Crippen molar-refractivity contribution in [3.8, 4) is 11.3 Å². The molecule has 158 valence electrons. The Hall–Kier alpha value is -2.80. The van der Waals surface area contributed by atoms with Crippen molar-refractivity contribution in [2.24, 2.45) is 5.41 Å². The third kappa shape index (κ3) is 4.21. The van der Waals surface area contributed by atoms with E-state index in [-0.39, 0.29) is 29.9 Å². The van der Waals surface area contributed by atoms with Gasteiger partial charge in [-0.1, -0.05) is 30.3 Å². The lowest BCUT2D eigenvalue weighted by Gasteiger charge is -2.33. The monoisotopic (exact) mass is 408 g/mol. The number of piperidine rings is 1. The first-order valence-corrected chi connectivity index (χ1v) is 10.6. The Morgan fingerprint density at radius 1 is 1.23 bits per heavy atom. The number of aromatic nitrogens is 2. The number of benzene rings is 1. The summed E-state index contributed by atoms with van der Waals surface area (Å²) in [6.07, 6.45) is 4.39. The number of hydrogen-bond acceptors (Lipinski definition) is 5. The molecule has 1 unspecified atom stereocenters. The van der Waals surface area contributed by atoms with Crippen molar-refractivity contribution in [3.05, 3.63) is 47.9 Å². The van der Waals surface area contributed by atoms with Crippen LogP contribution < -0.4 is 5.32 Å². The summed E-state index contributed by atoms with van der Waals surface area (Å²) in [6, 6.07) is 9.85. The van der Waals surface area contributed by atoms with Crippen molar-refractivity contribution in [2.45, 2.75) is 39.2 Å². The van der Waals surface area contributed by atoms with E-state index in [4.69, 9.17) is 4.74 Å². The van der Waals surface area contributed by atoms with Crippen LogP contribution in [0.15, 0.2) is 36.5 Å². The van der Waals surface area contributed by atoms with Gasteiger partial charge in [0.15, 0.2) is 0 Å². The van der Waals surface area contributed by atoms with E-state index >= 15 is 0 Å². The molecule has 1 aromatic carbocycles. The number of likely N-dealkylation sites (tertiary alicyclic amines) is 1. The Kier molecular flexibility index (Phi) is 5.81. The molecule has 7 nitrogen and oxygen atoms in total. The molecule has 1 saturated carbocycles. The number of ether oxygens (including phenoxy) is 1. The molecule has 1 aliphatic carbocycles. The van der Waals surface area contributed by atoms with Crippen LogP contribution in [0.2, 0.25) is 0 Å². The lowest BCUT2D eigenvalue weighted by Crippen LogP contribution is -2.43. The maximum absolute atomic E-state index is 13.0. The summed E-state index contributed by atoms with van der Waals surface area (Å²) in [7, 11) is 0. The van der Waals surface area contributed by atoms with E-state index < -0.39 is 0 Å². The Morgan fingerprint density at radius 3 is 2.67 bits per heavy atom. The zero-order valence-corrected chi connectivity index (χ0v) is 17.6. The van der Waals surface area contributed by atoms with Gasteiger partial charge in [-0.15, -0.1) is 0 Å². The predicted molar refractivity (Wildman–Crippen MR) is 113 cm³/mol. The summed E-state index contributed by atoms with van der Waals surface area (Å²) in [6.45, 7) is 5.86. The molecule has 0 bridgehead atoms. The van der Waals surface area contributed by atoms with Gasteiger partial charge < -0.3 is 15.0 Å². The zero-order valence-electron chi connectivity index (χ0n) is 17.6. The summed E-state index contributed by atoms with van der Waals surface area (Å²) in [5.74, 6) is 0.556. The van der Waals surface area contributed by atoms with Gasteiger partial charge in [0.2, 0.25) is 5.91 Å². The molecule has 2 aromatic rings. The minimum Gasteiger partial charge on any atom is -0.372 e. The molecule has 2 aliphatic rings. The second kappa shape index (κ2) is 8.52. The van der Waals surface area contributed by atoms with Crippen molar-refractivity contribution >= 4 is 11.8 Å². The van der Waals surface area contributed by atoms with Crippen LogP contribution in [0.1, 0.15) is 42.4 Å². The fourth-order valence-electron chi connectivity index (χ4n) is 4.27. The van der Waals surface area contributed by atoms with E-state index in [0.717, 1.165) is 37.9 Å². The van der Waals surface area contributed by atoms with E-state index in [9.17, 15) is 9.59 Å². The van der Waals surface area contributed by atoms with Gasteiger partial charge in [-0.3, -0.25) is 9.59 Å². The average molecular weight is 409 g/mol. The number of nitrogens with one attached hydrogen (secondary N) is 1. The highest BCUT2D eigenvalue weighted by Crippen LogP contribution is 2.54. The first-order valence-electron chi connectivity index (χ1n) is 10.6. The highest BCUT2D eigenvalue weighted by molar-refractivity contribution is 6.00. The molecule has 1 N–H and O–H groups in total. The highest BCUT2D eigenvalue weighted by Gasteiger charge is 2.56. The quantitative estimate of drug-likeness (QED) is 0.794. The van der Waals surface area contributed by atoms with Gasteiger partial charge in [-0.25, -0.2) is 9.97 Å². The van der Waals surface area contributed by atoms with Gasteiger partial charge in [0, 0.05) is 37.5 Å². The Balaban J connectivity index is 1.39. The predicted octanol–water partition coefficient (Wildman–Crippen LogP) is 2.60. The largest absolute Gasteiger partial charge is 0.372 e. The van der Waals surface area contributed by atoms with E-state index in [0.29, 0.717) is 23.7 Å². The SMILES string of the molecule is CCOCC(=O)N1CCC2(CC1)CC2NC(=O)c1cnc(C)nc1-c1ccccc1. The van der Waals surface area contributed by atoms with Crippen molar-refractivity contribution in [1.29, 1.82) is 0 Å². The fourth-order valence-corrected chi connectivity index (χ4v) is 4.27. The maximum atomic E-state index is 13.0. The molecule has 2 amide bonds. The van der Waals surface area contributed by atoms with Gasteiger partial charge in [-0.05, 0) is 38.5 Å². The summed E-state index contributed by atoms with van der Waals surface area (Å²) in [5, 5.41) is 3.19. The number of carbonyl (C=O) groups is 2. The van der Waals surface area contributed by atoms with E-state index in [1.54, 1.807) is 6.20 Å². The molecule has 0 radical (unpaired) electrons. The van der Waals surface area contributed by atoms with Crippen molar-refractivity contribution in [2.75, 3.05) is 26.3 Å². The fraction of sp³-hybridized carbons (Fsp3) is 0.478. The van der Waals surface area contributed by atoms with Crippen LogP contribution in [-0.2, 0) is 9.53 Å². The van der Waals surface area contributed by atoms with Crippen LogP contribution in [0.25, 0.3) is 11.3 Å². The average Bonchev–Trinajstić information content (AvgIpc) is 3.43. The van der Waals surface area contributed by atoms with Crippen LogP contribution in [0.3, 0.4) is 0 Å². The number of aryl methyl sites for hydroxylation is 1. The van der Waals surface area contributed by atoms with E-state index in [1.807, 2.05) is 49.1 Å². The van der Waals surface area contributed by atoms with Gasteiger partial charge in [0.05, 0.1) is 11.3 Å². The number of nitrogens with zero attached hydrogens (tertiary/aromatic N) is 3. The Morgan fingerprint density at radius 2 is 1.97 bits per heavy atom. The first kappa shape index (κ1) is 20.5. The van der Waals surface area contributed by atoms with Crippen LogP contribution >= 0.6 is 0 Å². The molecule has 1 aliphatic heterocycles. The van der Waals surface area contributed by atoms with E-state index in [2.05, 4.69) is 15.3 Å². The van der Waals surface area contributed by atoms with Crippen molar-refractivity contribution in [1.82, 2.24) is 20.2 Å². The standard InChI is InChI=1S/C23H28N4O3/c1-3-30-15-20(28)27-11-9-23(10-12-27)13-19(23)26-22(29)18-14-24-16(2)25-21(18)17-7-5-4-6-8-17/h4-8,14,19H,3,9-13,15H2,1-2H3,(H,26,29). The number of hydrogen-bond donors (Lipinski definition) is 1. The van der Waals surface area contributed by atoms with Gasteiger partial charge in [0.25, 0.3) is 5.91 Å². The second-order valence-corrected chi connectivity index (χ2v) is 8.16. The van der Waals surface area contributed by atoms with Gasteiger partial charge in [-0.2, -0.15) is 0 Å². The molecule has 1 atom stereocenters. The molecule has 1 spiro atoms. The molecule has 1 saturated heterocycles. The smallest absolute Gasteiger partial charge is 0.255 e. The van der Waals surface area contributed by atoms with Gasteiger partial charge in [0.1, 0.15) is 12.4 Å². The van der Waals surface area contributed by atoms with Crippen molar-refractivity contribution in [3.63, 3.8) is 0 Å². The molecule has 7 heteroatoms. The van der Waals surface area contributed by atoms with Crippen molar-refractivity contribution < 1.29 is 14.3 Å². The summed E-state index contributed by atoms with van der Waals surface area (Å²) in [5.41, 5.74) is 2.17. The summed E-state index contributed by atoms with van der Waals surface area (Å²) in [4.78, 5) is 35.8. The molecule has 30 heavy (non-hydrogen) atoms. The number of carbonyl (C=O) groups excluding carboxylic acids is 2. The summed E-state index contributed by atoms with van der Waals surface area (Å²) < 4.78 is 5.23. The van der Waals surface area contributed by atoms with Crippen LogP contribution in [0.5, 0.6) is 0 Å². The van der Waals surface area contributed by atoms with Crippen LogP contribution in [0.4, 0.5) is 0 Å². The minimum absolute atomic E-state index is 0.0530. The van der Waals surface area contributed by atoms with Crippen LogP contribution in [-0.4, -0.2) is 59.0 Å². The second-order valence-electron chi connectivity index (χ2n) is 8.16. The zero-order chi connectivity index (χ0) is 21.1. The van der Waals surface area contributed by atoms with E-state index in [1.165, 1.54) is 0 Å². The lowest BCUT2D eigenvalue weighted by molar-refractivity contribution is -0.137. The van der Waals surface area contributed by atoms with Gasteiger partial charge >= 0.3 is 0 Å². The third-order valence-corrected chi connectivity index (χ3v) is 6.24. The minimum atomic E-state index is -0.134. The normalized spacial score (nSPS) is 19.5. The highest BCUT2D eigenvalue weighted by atomic mass is 16.5. The lowest BCUT2D eigenvalue weighted by atomic mass is 9.92. The number of amides is 2. The first-order chi connectivity index (χ1) is 14.5. The molecular formula is C23H28N4O3. The Bertz CT molecular complexity index is 923. The topological polar surface area (TPSA) is 84.4 Å². The molecule has 2 heterocycles. The summed E-state index contributed by atoms with van der Waals surface area (Å²) >= 11 is 0. The molecular weight excluding hydrogens is 380 g/mol.